The summed E-state index contributed by atoms with van der Waals surface area (Å²) in [5.41, 5.74) is 0. The zero-order valence-corrected chi connectivity index (χ0v) is 11.4. The maximum Gasteiger partial charge on any atom is 0.252 e. The van der Waals surface area contributed by atoms with Crippen molar-refractivity contribution >= 4 is 5.91 Å². The molecule has 0 aromatic rings. The van der Waals surface area contributed by atoms with E-state index in [1.54, 1.807) is 19.0 Å². The molecule has 0 aliphatic heterocycles. The van der Waals surface area contributed by atoms with Gasteiger partial charge in [-0.3, -0.25) is 9.69 Å². The van der Waals surface area contributed by atoms with Gasteiger partial charge in [0.1, 0.15) is 18.3 Å². The van der Waals surface area contributed by atoms with Crippen molar-refractivity contribution in [1.82, 2.24) is 10.2 Å². The molecular weight excluding hydrogens is 256 g/mol. The highest BCUT2D eigenvalue weighted by atomic mass is 16.4. The van der Waals surface area contributed by atoms with E-state index in [0.29, 0.717) is 6.42 Å². The topological polar surface area (TPSA) is 133 Å². The number of carbonyl (C=O) groups is 1. The fourth-order valence-electron chi connectivity index (χ4n) is 1.52. The molecule has 0 bridgehead atoms. The third kappa shape index (κ3) is 5.39. The second kappa shape index (κ2) is 8.41. The van der Waals surface area contributed by atoms with Gasteiger partial charge in [-0.05, 0) is 20.5 Å². The lowest BCUT2D eigenvalue weighted by Gasteiger charge is -2.28. The zero-order valence-electron chi connectivity index (χ0n) is 11.4. The number of carbonyl (C=O) groups excluding carboxylic acids is 1. The van der Waals surface area contributed by atoms with Gasteiger partial charge in [0, 0.05) is 0 Å². The highest BCUT2D eigenvalue weighted by Gasteiger charge is 2.34. The number of rotatable bonds is 8. The Morgan fingerprint density at radius 3 is 2.05 bits per heavy atom. The van der Waals surface area contributed by atoms with Crippen LogP contribution >= 0.6 is 0 Å². The minimum absolute atomic E-state index is 0.325. The monoisotopic (exact) mass is 280 g/mol. The summed E-state index contributed by atoms with van der Waals surface area (Å²) in [5, 5.41) is 48.8. The molecule has 0 spiro atoms. The van der Waals surface area contributed by atoms with Crippen LogP contribution in [0.1, 0.15) is 13.3 Å². The summed E-state index contributed by atoms with van der Waals surface area (Å²) in [6, 6.07) is 0. The lowest BCUT2D eigenvalue weighted by atomic mass is 10.0. The van der Waals surface area contributed by atoms with Gasteiger partial charge in [0.15, 0.2) is 6.10 Å². The fraction of sp³-hybridized carbons (Fsp3) is 0.909. The minimum atomic E-state index is -1.90. The largest absolute Gasteiger partial charge is 0.394 e. The molecule has 0 aliphatic carbocycles. The Morgan fingerprint density at radius 2 is 1.68 bits per heavy atom. The van der Waals surface area contributed by atoms with Gasteiger partial charge in [-0.2, -0.15) is 0 Å². The third-order valence-corrected chi connectivity index (χ3v) is 2.84. The molecule has 114 valence electrons. The van der Waals surface area contributed by atoms with E-state index in [1.807, 2.05) is 6.92 Å². The molecule has 0 saturated carbocycles. The molecule has 5 unspecified atom stereocenters. The summed E-state index contributed by atoms with van der Waals surface area (Å²) in [6.45, 7) is 1.04. The molecule has 8 nitrogen and oxygen atoms in total. The number of nitrogens with one attached hydrogen (secondary N) is 1. The summed E-state index contributed by atoms with van der Waals surface area (Å²) >= 11 is 0. The second-order valence-corrected chi connectivity index (χ2v) is 4.57. The summed E-state index contributed by atoms with van der Waals surface area (Å²) < 4.78 is 0. The number of hydrogen-bond donors (Lipinski definition) is 6. The van der Waals surface area contributed by atoms with Gasteiger partial charge >= 0.3 is 0 Å². The first-order chi connectivity index (χ1) is 8.76. The summed E-state index contributed by atoms with van der Waals surface area (Å²) in [5.74, 6) is -0.864. The predicted octanol–water partition coefficient (Wildman–Crippen LogP) is -3.16. The van der Waals surface area contributed by atoms with Crippen molar-refractivity contribution in [2.45, 2.75) is 43.9 Å². The van der Waals surface area contributed by atoms with Crippen LogP contribution in [0.25, 0.3) is 0 Å². The van der Waals surface area contributed by atoms with E-state index in [2.05, 4.69) is 5.32 Å². The second-order valence-electron chi connectivity index (χ2n) is 4.57. The average molecular weight is 280 g/mol. The maximum absolute atomic E-state index is 11.7. The molecule has 0 aromatic carbocycles. The fourth-order valence-corrected chi connectivity index (χ4v) is 1.52. The molecule has 6 N–H and O–H groups in total. The van der Waals surface area contributed by atoms with Crippen molar-refractivity contribution in [3.05, 3.63) is 0 Å². The van der Waals surface area contributed by atoms with E-state index in [-0.39, 0.29) is 6.17 Å². The van der Waals surface area contributed by atoms with Crippen LogP contribution in [0.15, 0.2) is 0 Å². The van der Waals surface area contributed by atoms with Gasteiger partial charge in [0.05, 0.1) is 12.8 Å². The number of nitrogens with zero attached hydrogens (tertiary/aromatic N) is 1. The van der Waals surface area contributed by atoms with Crippen LogP contribution in [-0.4, -0.2) is 87.6 Å². The lowest BCUT2D eigenvalue weighted by molar-refractivity contribution is -0.150. The van der Waals surface area contributed by atoms with Crippen molar-refractivity contribution in [2.24, 2.45) is 0 Å². The van der Waals surface area contributed by atoms with E-state index >= 15 is 0 Å². The average Bonchev–Trinajstić information content (AvgIpc) is 2.40. The smallest absolute Gasteiger partial charge is 0.252 e. The first kappa shape index (κ1) is 18.2. The van der Waals surface area contributed by atoms with Crippen LogP contribution in [0.3, 0.4) is 0 Å². The van der Waals surface area contributed by atoms with E-state index in [0.717, 1.165) is 0 Å². The molecule has 0 aliphatic rings. The normalized spacial score (nSPS) is 19.6. The van der Waals surface area contributed by atoms with Gasteiger partial charge in [-0.25, -0.2) is 0 Å². The Hall–Kier alpha value is -0.770. The standard InChI is InChI=1S/C11H24N2O6/c1-4-7(13(2)3)12-11(19)10(18)9(17)8(16)6(15)5-14/h6-10,14-18H,4-5H2,1-3H3,(H,12,19). The van der Waals surface area contributed by atoms with Crippen molar-refractivity contribution in [1.29, 1.82) is 0 Å². The molecule has 0 fully saturated rings. The Balaban J connectivity index is 4.55. The highest BCUT2D eigenvalue weighted by molar-refractivity contribution is 5.81. The van der Waals surface area contributed by atoms with Gasteiger partial charge in [-0.1, -0.05) is 6.92 Å². The summed E-state index contributed by atoms with van der Waals surface area (Å²) in [7, 11) is 3.48. The summed E-state index contributed by atoms with van der Waals surface area (Å²) in [6.07, 6.45) is -6.97. The Kier molecular flexibility index (Phi) is 8.07. The number of amides is 1. The Bertz CT molecular complexity index is 276. The SMILES string of the molecule is CCC(NC(=O)C(O)C(O)C(O)C(O)CO)N(C)C. The predicted molar refractivity (Wildman–Crippen MR) is 67.0 cm³/mol. The van der Waals surface area contributed by atoms with Crippen LogP contribution in [0.4, 0.5) is 0 Å². The van der Waals surface area contributed by atoms with Gasteiger partial charge in [0.25, 0.3) is 5.91 Å². The number of hydrogen-bond acceptors (Lipinski definition) is 7. The molecule has 8 heteroatoms. The first-order valence-electron chi connectivity index (χ1n) is 6.06. The molecule has 0 saturated heterocycles. The van der Waals surface area contributed by atoms with E-state index in [4.69, 9.17) is 10.2 Å². The molecule has 1 amide bonds. The van der Waals surface area contributed by atoms with Crippen LogP contribution in [0, 0.1) is 0 Å². The number of aliphatic hydroxyl groups excluding tert-OH is 5. The Morgan fingerprint density at radius 1 is 1.16 bits per heavy atom. The Labute approximate surface area is 112 Å². The van der Waals surface area contributed by atoms with Crippen LogP contribution in [0.5, 0.6) is 0 Å². The third-order valence-electron chi connectivity index (χ3n) is 2.84. The first-order valence-corrected chi connectivity index (χ1v) is 6.06. The highest BCUT2D eigenvalue weighted by Crippen LogP contribution is 2.06. The van der Waals surface area contributed by atoms with Crippen LogP contribution < -0.4 is 5.32 Å². The van der Waals surface area contributed by atoms with Crippen molar-refractivity contribution < 1.29 is 30.3 Å². The number of aliphatic hydroxyl groups is 5. The van der Waals surface area contributed by atoms with Gasteiger partial charge < -0.3 is 30.8 Å². The minimum Gasteiger partial charge on any atom is -0.394 e. The maximum atomic E-state index is 11.7. The quantitative estimate of drug-likeness (QED) is 0.258. The van der Waals surface area contributed by atoms with Gasteiger partial charge in [0.2, 0.25) is 0 Å². The molecule has 5 atom stereocenters. The van der Waals surface area contributed by atoms with E-state index in [9.17, 15) is 20.1 Å². The zero-order chi connectivity index (χ0) is 15.2. The molecular formula is C11H24N2O6. The van der Waals surface area contributed by atoms with Crippen LogP contribution in [-0.2, 0) is 4.79 Å². The molecule has 0 heterocycles. The van der Waals surface area contributed by atoms with E-state index < -0.39 is 36.9 Å². The van der Waals surface area contributed by atoms with Crippen LogP contribution in [0.2, 0.25) is 0 Å². The van der Waals surface area contributed by atoms with Gasteiger partial charge in [-0.15, -0.1) is 0 Å². The van der Waals surface area contributed by atoms with Crippen molar-refractivity contribution in [3.8, 4) is 0 Å². The lowest BCUT2D eigenvalue weighted by Crippen LogP contribution is -2.55. The molecule has 0 aromatic heterocycles. The van der Waals surface area contributed by atoms with Crippen molar-refractivity contribution in [2.75, 3.05) is 20.7 Å². The summed E-state index contributed by atoms with van der Waals surface area (Å²) in [4.78, 5) is 13.4. The molecule has 0 radical (unpaired) electrons. The molecule has 19 heavy (non-hydrogen) atoms. The van der Waals surface area contributed by atoms with Crippen molar-refractivity contribution in [3.63, 3.8) is 0 Å². The molecule has 0 rings (SSSR count). The van der Waals surface area contributed by atoms with E-state index in [1.165, 1.54) is 0 Å².